The lowest BCUT2D eigenvalue weighted by molar-refractivity contribution is -0.126. The SMILES string of the molecule is CCOCC(=O)NNC(=O)c1ccc(Br)cc1. The van der Waals surface area contributed by atoms with Crippen LogP contribution in [-0.4, -0.2) is 25.0 Å². The minimum Gasteiger partial charge on any atom is -0.372 e. The quantitative estimate of drug-likeness (QED) is 0.822. The van der Waals surface area contributed by atoms with Gasteiger partial charge in [-0.2, -0.15) is 0 Å². The average Bonchev–Trinajstić information content (AvgIpc) is 2.34. The third kappa shape index (κ3) is 4.97. The van der Waals surface area contributed by atoms with Crippen LogP contribution in [0.2, 0.25) is 0 Å². The molecule has 1 rings (SSSR count). The van der Waals surface area contributed by atoms with E-state index in [9.17, 15) is 9.59 Å². The zero-order chi connectivity index (χ0) is 12.7. The number of carbonyl (C=O) groups excluding carboxylic acids is 2. The molecule has 6 heteroatoms. The number of carbonyl (C=O) groups is 2. The van der Waals surface area contributed by atoms with Crippen LogP contribution >= 0.6 is 15.9 Å². The molecule has 0 aliphatic carbocycles. The van der Waals surface area contributed by atoms with Crippen molar-refractivity contribution in [3.63, 3.8) is 0 Å². The van der Waals surface area contributed by atoms with Crippen molar-refractivity contribution in [3.05, 3.63) is 34.3 Å². The number of hydrogen-bond donors (Lipinski definition) is 2. The molecule has 0 bridgehead atoms. The van der Waals surface area contributed by atoms with Crippen molar-refractivity contribution in [3.8, 4) is 0 Å². The van der Waals surface area contributed by atoms with Gasteiger partial charge in [0.15, 0.2) is 0 Å². The van der Waals surface area contributed by atoms with Crippen molar-refractivity contribution in [2.75, 3.05) is 13.2 Å². The van der Waals surface area contributed by atoms with Crippen LogP contribution in [0.25, 0.3) is 0 Å². The second-order valence-electron chi connectivity index (χ2n) is 3.15. The molecule has 0 spiro atoms. The maximum absolute atomic E-state index is 11.6. The number of hydrazine groups is 1. The summed E-state index contributed by atoms with van der Waals surface area (Å²) in [6, 6.07) is 6.79. The number of ether oxygens (including phenoxy) is 1. The van der Waals surface area contributed by atoms with E-state index < -0.39 is 5.91 Å². The van der Waals surface area contributed by atoms with Crippen molar-refractivity contribution in [1.29, 1.82) is 0 Å². The first kappa shape index (κ1) is 13.7. The number of amides is 2. The summed E-state index contributed by atoms with van der Waals surface area (Å²) >= 11 is 3.27. The monoisotopic (exact) mass is 300 g/mol. The second kappa shape index (κ2) is 7.03. The molecule has 0 radical (unpaired) electrons. The van der Waals surface area contributed by atoms with Gasteiger partial charge in [-0.1, -0.05) is 15.9 Å². The molecule has 0 saturated carbocycles. The third-order valence-corrected chi connectivity index (χ3v) is 2.39. The molecule has 0 fully saturated rings. The summed E-state index contributed by atoms with van der Waals surface area (Å²) in [5.41, 5.74) is 5.01. The number of hydrogen-bond acceptors (Lipinski definition) is 3. The third-order valence-electron chi connectivity index (χ3n) is 1.86. The fourth-order valence-electron chi connectivity index (χ4n) is 1.03. The van der Waals surface area contributed by atoms with E-state index in [1.807, 2.05) is 0 Å². The molecule has 0 unspecified atom stereocenters. The van der Waals surface area contributed by atoms with Crippen LogP contribution in [0.1, 0.15) is 17.3 Å². The van der Waals surface area contributed by atoms with Gasteiger partial charge in [0.25, 0.3) is 11.8 Å². The van der Waals surface area contributed by atoms with Crippen LogP contribution in [0.5, 0.6) is 0 Å². The second-order valence-corrected chi connectivity index (χ2v) is 4.06. The summed E-state index contributed by atoms with van der Waals surface area (Å²) in [7, 11) is 0. The van der Waals surface area contributed by atoms with E-state index in [4.69, 9.17) is 4.74 Å². The number of nitrogens with one attached hydrogen (secondary N) is 2. The molecule has 5 nitrogen and oxygen atoms in total. The van der Waals surface area contributed by atoms with Gasteiger partial charge in [0.2, 0.25) is 0 Å². The minimum absolute atomic E-state index is 0.0723. The number of benzene rings is 1. The van der Waals surface area contributed by atoms with Gasteiger partial charge in [-0.05, 0) is 31.2 Å². The highest BCUT2D eigenvalue weighted by Gasteiger charge is 2.06. The van der Waals surface area contributed by atoms with Crippen molar-refractivity contribution in [2.45, 2.75) is 6.92 Å². The van der Waals surface area contributed by atoms with Gasteiger partial charge in [-0.25, -0.2) is 0 Å². The molecular formula is C11H13BrN2O3. The highest BCUT2D eigenvalue weighted by atomic mass is 79.9. The summed E-state index contributed by atoms with van der Waals surface area (Å²) in [5.74, 6) is -0.764. The Bertz CT molecular complexity index is 392. The molecule has 0 aliphatic rings. The molecule has 17 heavy (non-hydrogen) atoms. The standard InChI is InChI=1S/C11H13BrN2O3/c1-2-17-7-10(15)13-14-11(16)8-3-5-9(12)6-4-8/h3-6H,2,7H2,1H3,(H,13,15)(H,14,16). The summed E-state index contributed by atoms with van der Waals surface area (Å²) in [5, 5.41) is 0. The first-order valence-electron chi connectivity index (χ1n) is 5.06. The van der Waals surface area contributed by atoms with Crippen LogP contribution < -0.4 is 10.9 Å². The van der Waals surface area contributed by atoms with E-state index in [0.29, 0.717) is 12.2 Å². The molecular weight excluding hydrogens is 288 g/mol. The van der Waals surface area contributed by atoms with Crippen LogP contribution in [0, 0.1) is 0 Å². The van der Waals surface area contributed by atoms with E-state index in [-0.39, 0.29) is 12.5 Å². The molecule has 0 heterocycles. The molecule has 0 aromatic heterocycles. The van der Waals surface area contributed by atoms with Gasteiger partial charge < -0.3 is 4.74 Å². The van der Waals surface area contributed by atoms with Crippen molar-refractivity contribution < 1.29 is 14.3 Å². The van der Waals surface area contributed by atoms with E-state index >= 15 is 0 Å². The van der Waals surface area contributed by atoms with Gasteiger partial charge in [0, 0.05) is 16.6 Å². The zero-order valence-corrected chi connectivity index (χ0v) is 10.9. The predicted octanol–water partition coefficient (Wildman–Crippen LogP) is 1.25. The highest BCUT2D eigenvalue weighted by molar-refractivity contribution is 9.10. The summed E-state index contributed by atoms with van der Waals surface area (Å²) in [6.07, 6.45) is 0. The Morgan fingerprint density at radius 3 is 2.47 bits per heavy atom. The Hall–Kier alpha value is -1.40. The predicted molar refractivity (Wildman–Crippen MR) is 66.2 cm³/mol. The zero-order valence-electron chi connectivity index (χ0n) is 9.33. The topological polar surface area (TPSA) is 67.4 Å². The smallest absolute Gasteiger partial charge is 0.269 e. The van der Waals surface area contributed by atoms with E-state index in [1.165, 1.54) is 0 Å². The van der Waals surface area contributed by atoms with E-state index in [0.717, 1.165) is 4.47 Å². The van der Waals surface area contributed by atoms with E-state index in [1.54, 1.807) is 31.2 Å². The molecule has 1 aromatic rings. The Morgan fingerprint density at radius 1 is 1.24 bits per heavy atom. The van der Waals surface area contributed by atoms with Crippen molar-refractivity contribution in [1.82, 2.24) is 10.9 Å². The fraction of sp³-hybridized carbons (Fsp3) is 0.273. The van der Waals surface area contributed by atoms with Gasteiger partial charge in [0.05, 0.1) is 0 Å². The van der Waals surface area contributed by atoms with Gasteiger partial charge in [-0.15, -0.1) is 0 Å². The number of rotatable bonds is 4. The molecule has 0 aliphatic heterocycles. The van der Waals surface area contributed by atoms with Crippen LogP contribution in [0.3, 0.4) is 0 Å². The Morgan fingerprint density at radius 2 is 1.88 bits per heavy atom. The van der Waals surface area contributed by atoms with E-state index in [2.05, 4.69) is 26.8 Å². The highest BCUT2D eigenvalue weighted by Crippen LogP contribution is 2.09. The molecule has 0 atom stereocenters. The lowest BCUT2D eigenvalue weighted by atomic mass is 10.2. The van der Waals surface area contributed by atoms with Crippen LogP contribution in [-0.2, 0) is 9.53 Å². The molecule has 2 amide bonds. The van der Waals surface area contributed by atoms with Crippen LogP contribution in [0.15, 0.2) is 28.7 Å². The van der Waals surface area contributed by atoms with Crippen LogP contribution in [0.4, 0.5) is 0 Å². The van der Waals surface area contributed by atoms with Gasteiger partial charge in [-0.3, -0.25) is 20.4 Å². The Kier molecular flexibility index (Phi) is 5.65. The normalized spacial score (nSPS) is 9.76. The largest absolute Gasteiger partial charge is 0.372 e. The minimum atomic E-state index is -0.391. The maximum atomic E-state index is 11.6. The first-order chi connectivity index (χ1) is 8.13. The maximum Gasteiger partial charge on any atom is 0.269 e. The molecule has 92 valence electrons. The summed E-state index contributed by atoms with van der Waals surface area (Å²) in [4.78, 5) is 22.7. The molecule has 2 N–H and O–H groups in total. The van der Waals surface area contributed by atoms with Gasteiger partial charge in [0.1, 0.15) is 6.61 Å². The van der Waals surface area contributed by atoms with Gasteiger partial charge >= 0.3 is 0 Å². The fourth-order valence-corrected chi connectivity index (χ4v) is 1.30. The lowest BCUT2D eigenvalue weighted by Gasteiger charge is -2.07. The molecule has 0 saturated heterocycles. The lowest BCUT2D eigenvalue weighted by Crippen LogP contribution is -2.43. The first-order valence-corrected chi connectivity index (χ1v) is 5.85. The van der Waals surface area contributed by atoms with Crippen molar-refractivity contribution in [2.24, 2.45) is 0 Å². The summed E-state index contributed by atoms with van der Waals surface area (Å²) in [6.45, 7) is 2.17. The molecule has 1 aromatic carbocycles. The number of halogens is 1. The average molecular weight is 301 g/mol. The Labute approximate surface area is 108 Å². The van der Waals surface area contributed by atoms with Crippen molar-refractivity contribution >= 4 is 27.7 Å². The Balaban J connectivity index is 2.39. The summed E-state index contributed by atoms with van der Waals surface area (Å²) < 4.78 is 5.76.